The molecule has 0 aliphatic rings. The van der Waals surface area contributed by atoms with Gasteiger partial charge in [0.2, 0.25) is 4.96 Å². The molecule has 0 radical (unpaired) electrons. The molecule has 108 valence electrons. The summed E-state index contributed by atoms with van der Waals surface area (Å²) < 4.78 is 6.61. The third-order valence-corrected chi connectivity index (χ3v) is 3.77. The molecule has 2 N–H and O–H groups in total. The van der Waals surface area contributed by atoms with Crippen molar-refractivity contribution in [2.45, 2.75) is 13.5 Å². The molecule has 21 heavy (non-hydrogen) atoms. The summed E-state index contributed by atoms with van der Waals surface area (Å²) >= 11 is 1.26. The number of hydrogen-bond acceptors (Lipinski definition) is 7. The fourth-order valence-electron chi connectivity index (χ4n) is 1.89. The van der Waals surface area contributed by atoms with Crippen molar-refractivity contribution in [1.82, 2.24) is 19.8 Å². The molecular weight excluding hydrogens is 290 g/mol. The maximum Gasteiger partial charge on any atom is 0.302 e. The summed E-state index contributed by atoms with van der Waals surface area (Å²) in [6.07, 6.45) is 0. The van der Waals surface area contributed by atoms with Gasteiger partial charge in [0.05, 0.1) is 6.61 Å². The van der Waals surface area contributed by atoms with Gasteiger partial charge in [-0.2, -0.15) is 9.61 Å². The zero-order chi connectivity index (χ0) is 14.8. The Kier molecular flexibility index (Phi) is 3.63. The molecule has 0 saturated heterocycles. The Hall–Kier alpha value is -2.32. The molecule has 0 spiro atoms. The Morgan fingerprint density at radius 1 is 1.29 bits per heavy atom. The minimum atomic E-state index is -0.305. The molecule has 8 heteroatoms. The quantitative estimate of drug-likeness (QED) is 0.774. The Morgan fingerprint density at radius 2 is 2.05 bits per heavy atom. The third-order valence-electron chi connectivity index (χ3n) is 2.85. The van der Waals surface area contributed by atoms with Gasteiger partial charge < -0.3 is 10.5 Å². The van der Waals surface area contributed by atoms with Crippen molar-refractivity contribution < 1.29 is 4.74 Å². The fourth-order valence-corrected chi connectivity index (χ4v) is 2.60. The number of benzene rings is 1. The van der Waals surface area contributed by atoms with Gasteiger partial charge in [0.25, 0.3) is 0 Å². The van der Waals surface area contributed by atoms with Crippen LogP contribution in [0.5, 0.6) is 5.75 Å². The fraction of sp³-hybridized carbons (Fsp3) is 0.231. The van der Waals surface area contributed by atoms with Crippen LogP contribution in [0, 0.1) is 0 Å². The standard InChI is InChI=1S/C13H13N5O2S/c1-2-20-9-5-3-8(4-6-9)11-12(19)18-13(16-15-11)21-10(7-14)17-18/h3-6H,2,7,14H2,1H3. The molecule has 0 amide bonds. The van der Waals surface area contributed by atoms with Crippen molar-refractivity contribution in [1.29, 1.82) is 0 Å². The van der Waals surface area contributed by atoms with Crippen molar-refractivity contribution in [3.05, 3.63) is 39.6 Å². The van der Waals surface area contributed by atoms with Gasteiger partial charge in [-0.15, -0.1) is 10.2 Å². The van der Waals surface area contributed by atoms with E-state index in [1.54, 1.807) is 24.3 Å². The van der Waals surface area contributed by atoms with E-state index in [4.69, 9.17) is 10.5 Å². The monoisotopic (exact) mass is 303 g/mol. The minimum Gasteiger partial charge on any atom is -0.494 e. The summed E-state index contributed by atoms with van der Waals surface area (Å²) in [4.78, 5) is 12.8. The second kappa shape index (κ2) is 5.58. The van der Waals surface area contributed by atoms with Crippen LogP contribution >= 0.6 is 11.3 Å². The highest BCUT2D eigenvalue weighted by Crippen LogP contribution is 2.19. The van der Waals surface area contributed by atoms with Crippen molar-refractivity contribution in [2.75, 3.05) is 6.61 Å². The van der Waals surface area contributed by atoms with E-state index in [-0.39, 0.29) is 17.8 Å². The van der Waals surface area contributed by atoms with E-state index >= 15 is 0 Å². The lowest BCUT2D eigenvalue weighted by Gasteiger charge is -2.03. The number of aromatic nitrogens is 4. The maximum absolute atomic E-state index is 12.4. The minimum absolute atomic E-state index is 0.254. The van der Waals surface area contributed by atoms with Crippen molar-refractivity contribution in [3.63, 3.8) is 0 Å². The maximum atomic E-state index is 12.4. The first-order chi connectivity index (χ1) is 10.2. The number of nitrogens with zero attached hydrogens (tertiary/aromatic N) is 4. The molecule has 3 rings (SSSR count). The first kappa shape index (κ1) is 13.7. The van der Waals surface area contributed by atoms with Crippen LogP contribution in [0.1, 0.15) is 11.9 Å². The molecular formula is C13H13N5O2S. The Labute approximate surface area is 124 Å². The molecule has 2 aromatic heterocycles. The molecule has 2 heterocycles. The Balaban J connectivity index is 2.07. The van der Waals surface area contributed by atoms with Crippen LogP contribution in [-0.4, -0.2) is 26.4 Å². The van der Waals surface area contributed by atoms with Crippen molar-refractivity contribution in [2.24, 2.45) is 5.73 Å². The lowest BCUT2D eigenvalue weighted by Crippen LogP contribution is -2.19. The van der Waals surface area contributed by atoms with Crippen LogP contribution < -0.4 is 16.0 Å². The predicted molar refractivity (Wildman–Crippen MR) is 79.4 cm³/mol. The average molecular weight is 303 g/mol. The van der Waals surface area contributed by atoms with Crippen LogP contribution in [0.25, 0.3) is 16.2 Å². The normalized spacial score (nSPS) is 11.0. The first-order valence-electron chi connectivity index (χ1n) is 6.41. The topological polar surface area (TPSA) is 95.4 Å². The van der Waals surface area contributed by atoms with E-state index in [9.17, 15) is 4.79 Å². The van der Waals surface area contributed by atoms with Crippen LogP contribution in [0.4, 0.5) is 0 Å². The highest BCUT2D eigenvalue weighted by molar-refractivity contribution is 7.16. The van der Waals surface area contributed by atoms with Gasteiger partial charge in [0.1, 0.15) is 10.8 Å². The van der Waals surface area contributed by atoms with Gasteiger partial charge in [-0.3, -0.25) is 4.79 Å². The van der Waals surface area contributed by atoms with Crippen LogP contribution in [0.3, 0.4) is 0 Å². The Bertz CT molecular complexity index is 825. The van der Waals surface area contributed by atoms with Crippen molar-refractivity contribution in [3.8, 4) is 17.0 Å². The number of nitrogens with two attached hydrogens (primary N) is 1. The lowest BCUT2D eigenvalue weighted by atomic mass is 10.1. The highest BCUT2D eigenvalue weighted by atomic mass is 32.1. The van der Waals surface area contributed by atoms with Gasteiger partial charge >= 0.3 is 5.56 Å². The first-order valence-corrected chi connectivity index (χ1v) is 7.23. The van der Waals surface area contributed by atoms with Gasteiger partial charge in [-0.25, -0.2) is 0 Å². The van der Waals surface area contributed by atoms with E-state index in [1.807, 2.05) is 6.92 Å². The predicted octanol–water partition coefficient (Wildman–Crippen LogP) is 1.07. The highest BCUT2D eigenvalue weighted by Gasteiger charge is 2.13. The molecule has 0 bridgehead atoms. The molecule has 7 nitrogen and oxygen atoms in total. The smallest absolute Gasteiger partial charge is 0.302 e. The van der Waals surface area contributed by atoms with Crippen LogP contribution in [0.2, 0.25) is 0 Å². The third kappa shape index (κ3) is 2.50. The largest absolute Gasteiger partial charge is 0.494 e. The molecule has 0 unspecified atom stereocenters. The lowest BCUT2D eigenvalue weighted by molar-refractivity contribution is 0.340. The van der Waals surface area contributed by atoms with Gasteiger partial charge in [-0.1, -0.05) is 11.3 Å². The zero-order valence-corrected chi connectivity index (χ0v) is 12.1. The second-order valence-electron chi connectivity index (χ2n) is 4.21. The van der Waals surface area contributed by atoms with E-state index in [0.29, 0.717) is 22.1 Å². The molecule has 0 aliphatic carbocycles. The SMILES string of the molecule is CCOc1ccc(-c2nnc3sc(CN)nn3c2=O)cc1. The van der Waals surface area contributed by atoms with E-state index in [0.717, 1.165) is 5.75 Å². The summed E-state index contributed by atoms with van der Waals surface area (Å²) in [5.41, 5.74) is 6.15. The average Bonchev–Trinajstić information content (AvgIpc) is 2.93. The molecule has 3 aromatic rings. The molecule has 0 fully saturated rings. The van der Waals surface area contributed by atoms with Gasteiger partial charge in [-0.05, 0) is 31.2 Å². The summed E-state index contributed by atoms with van der Waals surface area (Å²) in [6, 6.07) is 7.14. The summed E-state index contributed by atoms with van der Waals surface area (Å²) in [6.45, 7) is 2.78. The number of hydrogen-bond donors (Lipinski definition) is 1. The van der Waals surface area contributed by atoms with Gasteiger partial charge in [0, 0.05) is 12.1 Å². The molecule has 0 saturated carbocycles. The van der Waals surface area contributed by atoms with Crippen LogP contribution in [-0.2, 0) is 6.54 Å². The van der Waals surface area contributed by atoms with E-state index < -0.39 is 0 Å². The zero-order valence-electron chi connectivity index (χ0n) is 11.3. The summed E-state index contributed by atoms with van der Waals surface area (Å²) in [5.74, 6) is 0.745. The number of fused-ring (bicyclic) bond motifs is 1. The van der Waals surface area contributed by atoms with E-state index in [2.05, 4.69) is 15.3 Å². The van der Waals surface area contributed by atoms with E-state index in [1.165, 1.54) is 15.9 Å². The van der Waals surface area contributed by atoms with Crippen molar-refractivity contribution >= 4 is 16.3 Å². The number of ether oxygens (including phenoxy) is 1. The Morgan fingerprint density at radius 3 is 2.71 bits per heavy atom. The van der Waals surface area contributed by atoms with Crippen LogP contribution in [0.15, 0.2) is 29.1 Å². The summed E-state index contributed by atoms with van der Waals surface area (Å²) in [5, 5.41) is 12.8. The molecule has 1 aromatic carbocycles. The molecule has 0 aliphatic heterocycles. The van der Waals surface area contributed by atoms with Gasteiger partial charge in [0.15, 0.2) is 5.69 Å². The molecule has 0 atom stereocenters. The second-order valence-corrected chi connectivity index (χ2v) is 5.25. The number of rotatable bonds is 4. The summed E-state index contributed by atoms with van der Waals surface area (Å²) in [7, 11) is 0.